The van der Waals surface area contributed by atoms with Crippen molar-refractivity contribution in [2.24, 2.45) is 5.73 Å². The number of rotatable bonds is 5. The third kappa shape index (κ3) is 2.77. The summed E-state index contributed by atoms with van der Waals surface area (Å²) in [5, 5.41) is 3.42. The van der Waals surface area contributed by atoms with Crippen LogP contribution in [-0.2, 0) is 4.74 Å². The molecule has 1 atom stereocenters. The van der Waals surface area contributed by atoms with Gasteiger partial charge in [-0.3, -0.25) is 0 Å². The van der Waals surface area contributed by atoms with Gasteiger partial charge in [-0.05, 0) is 12.8 Å². The van der Waals surface area contributed by atoms with E-state index in [1.807, 2.05) is 0 Å². The molecule has 0 amide bonds. The average Bonchev–Trinajstić information content (AvgIpc) is 1.95. The summed E-state index contributed by atoms with van der Waals surface area (Å²) in [5.41, 5.74) is 5.46. The molecule has 0 spiro atoms. The molecule has 0 saturated heterocycles. The van der Waals surface area contributed by atoms with Gasteiger partial charge in [0.15, 0.2) is 0 Å². The molecule has 3 heteroatoms. The summed E-state index contributed by atoms with van der Waals surface area (Å²) in [7, 11) is 1.71. The van der Waals surface area contributed by atoms with Crippen LogP contribution in [0.1, 0.15) is 19.3 Å². The predicted octanol–water partition coefficient (Wildman–Crippen LogP) is 0.102. The minimum atomic E-state index is 0.190. The normalized spacial score (nSPS) is 21.3. The van der Waals surface area contributed by atoms with E-state index in [0.717, 1.165) is 12.6 Å². The van der Waals surface area contributed by atoms with Crippen LogP contribution in [0, 0.1) is 0 Å². The maximum absolute atomic E-state index is 5.46. The second kappa shape index (κ2) is 4.70. The zero-order valence-corrected chi connectivity index (χ0v) is 7.18. The summed E-state index contributed by atoms with van der Waals surface area (Å²) in [6, 6.07) is 0.735. The molecule has 66 valence electrons. The van der Waals surface area contributed by atoms with E-state index in [9.17, 15) is 0 Å². The van der Waals surface area contributed by atoms with Gasteiger partial charge in [-0.15, -0.1) is 0 Å². The molecule has 0 radical (unpaired) electrons. The van der Waals surface area contributed by atoms with Gasteiger partial charge in [-0.2, -0.15) is 0 Å². The van der Waals surface area contributed by atoms with E-state index in [1.165, 1.54) is 19.3 Å². The largest absolute Gasteiger partial charge is 0.379 e. The van der Waals surface area contributed by atoms with Crippen molar-refractivity contribution in [3.8, 4) is 0 Å². The van der Waals surface area contributed by atoms with E-state index in [-0.39, 0.29) is 6.10 Å². The van der Waals surface area contributed by atoms with Crippen molar-refractivity contribution in [1.82, 2.24) is 5.32 Å². The lowest BCUT2D eigenvalue weighted by Gasteiger charge is -2.28. The van der Waals surface area contributed by atoms with Crippen molar-refractivity contribution in [3.63, 3.8) is 0 Å². The molecule has 3 nitrogen and oxygen atoms in total. The molecule has 1 aliphatic carbocycles. The van der Waals surface area contributed by atoms with Gasteiger partial charge in [-0.25, -0.2) is 0 Å². The van der Waals surface area contributed by atoms with Gasteiger partial charge in [0.25, 0.3) is 0 Å². The Morgan fingerprint density at radius 3 is 2.73 bits per heavy atom. The van der Waals surface area contributed by atoms with E-state index in [4.69, 9.17) is 10.5 Å². The van der Waals surface area contributed by atoms with Crippen LogP contribution in [0.25, 0.3) is 0 Å². The summed E-state index contributed by atoms with van der Waals surface area (Å²) in [6.45, 7) is 1.51. The van der Waals surface area contributed by atoms with Crippen molar-refractivity contribution in [3.05, 3.63) is 0 Å². The second-order valence-electron chi connectivity index (χ2n) is 3.13. The van der Waals surface area contributed by atoms with Crippen LogP contribution in [-0.4, -0.2) is 32.3 Å². The fourth-order valence-corrected chi connectivity index (χ4v) is 1.17. The maximum atomic E-state index is 5.46. The summed E-state index contributed by atoms with van der Waals surface area (Å²) in [4.78, 5) is 0. The van der Waals surface area contributed by atoms with Crippen LogP contribution in [0.2, 0.25) is 0 Å². The van der Waals surface area contributed by atoms with E-state index in [1.54, 1.807) is 7.11 Å². The standard InChI is InChI=1S/C8H18N2O/c1-11-8(5-9)6-10-7-3-2-4-7/h7-8,10H,2-6,9H2,1H3. The average molecular weight is 158 g/mol. The van der Waals surface area contributed by atoms with Gasteiger partial charge in [-0.1, -0.05) is 6.42 Å². The molecule has 0 aromatic carbocycles. The van der Waals surface area contributed by atoms with E-state index < -0.39 is 0 Å². The van der Waals surface area contributed by atoms with Crippen molar-refractivity contribution in [2.45, 2.75) is 31.4 Å². The SMILES string of the molecule is COC(CN)CNC1CCC1. The molecule has 1 fully saturated rings. The summed E-state index contributed by atoms with van der Waals surface area (Å²) in [6.07, 6.45) is 4.20. The highest BCUT2D eigenvalue weighted by Gasteiger charge is 2.17. The van der Waals surface area contributed by atoms with Gasteiger partial charge in [0.05, 0.1) is 6.10 Å². The van der Waals surface area contributed by atoms with Crippen LogP contribution in [0.3, 0.4) is 0 Å². The van der Waals surface area contributed by atoms with Crippen molar-refractivity contribution in [2.75, 3.05) is 20.2 Å². The number of nitrogens with two attached hydrogens (primary N) is 1. The van der Waals surface area contributed by atoms with Crippen LogP contribution >= 0.6 is 0 Å². The molecule has 0 bridgehead atoms. The van der Waals surface area contributed by atoms with Gasteiger partial charge < -0.3 is 15.8 Å². The van der Waals surface area contributed by atoms with Gasteiger partial charge in [0, 0.05) is 26.2 Å². The molecule has 0 heterocycles. The molecule has 3 N–H and O–H groups in total. The predicted molar refractivity (Wildman–Crippen MR) is 45.5 cm³/mol. The molecule has 0 aromatic rings. The number of methoxy groups -OCH3 is 1. The Labute approximate surface area is 68.3 Å². The Kier molecular flexibility index (Phi) is 3.83. The fourth-order valence-electron chi connectivity index (χ4n) is 1.17. The van der Waals surface area contributed by atoms with Gasteiger partial charge in [0.1, 0.15) is 0 Å². The Morgan fingerprint density at radius 2 is 2.36 bits per heavy atom. The van der Waals surface area contributed by atoms with Gasteiger partial charge in [0.2, 0.25) is 0 Å². The Morgan fingerprint density at radius 1 is 1.64 bits per heavy atom. The first-order valence-electron chi connectivity index (χ1n) is 4.33. The Hall–Kier alpha value is -0.120. The quantitative estimate of drug-likeness (QED) is 0.596. The summed E-state index contributed by atoms with van der Waals surface area (Å²) < 4.78 is 5.13. The second-order valence-corrected chi connectivity index (χ2v) is 3.13. The molecule has 0 aliphatic heterocycles. The number of ether oxygens (including phenoxy) is 1. The fraction of sp³-hybridized carbons (Fsp3) is 1.00. The highest BCUT2D eigenvalue weighted by Crippen LogP contribution is 2.17. The maximum Gasteiger partial charge on any atom is 0.0817 e. The van der Waals surface area contributed by atoms with E-state index >= 15 is 0 Å². The lowest BCUT2D eigenvalue weighted by molar-refractivity contribution is 0.102. The third-order valence-corrected chi connectivity index (χ3v) is 2.34. The Bertz CT molecular complexity index is 100. The van der Waals surface area contributed by atoms with E-state index in [2.05, 4.69) is 5.32 Å². The monoisotopic (exact) mass is 158 g/mol. The van der Waals surface area contributed by atoms with Crippen molar-refractivity contribution >= 4 is 0 Å². The highest BCUT2D eigenvalue weighted by atomic mass is 16.5. The zero-order chi connectivity index (χ0) is 8.10. The minimum absolute atomic E-state index is 0.190. The lowest BCUT2D eigenvalue weighted by Crippen LogP contribution is -2.42. The summed E-state index contributed by atoms with van der Waals surface area (Å²) in [5.74, 6) is 0. The van der Waals surface area contributed by atoms with Gasteiger partial charge >= 0.3 is 0 Å². The highest BCUT2D eigenvalue weighted by molar-refractivity contribution is 4.77. The van der Waals surface area contributed by atoms with Crippen LogP contribution < -0.4 is 11.1 Å². The molecule has 1 unspecified atom stereocenters. The molecule has 0 aromatic heterocycles. The van der Waals surface area contributed by atoms with Crippen LogP contribution in [0.5, 0.6) is 0 Å². The molecule has 11 heavy (non-hydrogen) atoms. The molecular weight excluding hydrogens is 140 g/mol. The van der Waals surface area contributed by atoms with Crippen LogP contribution in [0.15, 0.2) is 0 Å². The summed E-state index contributed by atoms with van der Waals surface area (Å²) >= 11 is 0. The molecule has 1 saturated carbocycles. The number of hydrogen-bond acceptors (Lipinski definition) is 3. The number of nitrogens with one attached hydrogen (secondary N) is 1. The smallest absolute Gasteiger partial charge is 0.0817 e. The zero-order valence-electron chi connectivity index (χ0n) is 7.18. The number of hydrogen-bond donors (Lipinski definition) is 2. The first-order valence-corrected chi connectivity index (χ1v) is 4.33. The first-order chi connectivity index (χ1) is 5.36. The topological polar surface area (TPSA) is 47.3 Å². The van der Waals surface area contributed by atoms with Crippen molar-refractivity contribution < 1.29 is 4.74 Å². The molecule has 1 rings (SSSR count). The van der Waals surface area contributed by atoms with Crippen LogP contribution in [0.4, 0.5) is 0 Å². The first kappa shape index (κ1) is 8.97. The molecule has 1 aliphatic rings. The van der Waals surface area contributed by atoms with E-state index in [0.29, 0.717) is 6.54 Å². The molecular formula is C8H18N2O. The Balaban J connectivity index is 1.99. The lowest BCUT2D eigenvalue weighted by atomic mass is 9.93. The van der Waals surface area contributed by atoms with Crippen molar-refractivity contribution in [1.29, 1.82) is 0 Å². The third-order valence-electron chi connectivity index (χ3n) is 2.34. The minimum Gasteiger partial charge on any atom is -0.379 e.